The van der Waals surface area contributed by atoms with Crippen molar-refractivity contribution in [2.45, 2.75) is 6.42 Å². The highest BCUT2D eigenvalue weighted by Gasteiger charge is 2.22. The van der Waals surface area contributed by atoms with Gasteiger partial charge in [-0.15, -0.1) is 0 Å². The maximum atomic E-state index is 12.5. The first-order valence-corrected chi connectivity index (χ1v) is 8.15. The Morgan fingerprint density at radius 3 is 2.65 bits per heavy atom. The number of benzene rings is 2. The molecule has 0 bridgehead atoms. The molecular formula is C19H20N2O5. The molecule has 2 aromatic rings. The molecule has 1 aliphatic rings. The third-order valence-corrected chi connectivity index (χ3v) is 4.32. The predicted molar refractivity (Wildman–Crippen MR) is 97.5 cm³/mol. The van der Waals surface area contributed by atoms with Crippen molar-refractivity contribution >= 4 is 23.3 Å². The lowest BCUT2D eigenvalue weighted by atomic mass is 10.1. The number of para-hydroxylation sites is 1. The summed E-state index contributed by atoms with van der Waals surface area (Å²) >= 11 is 0. The van der Waals surface area contributed by atoms with Crippen molar-refractivity contribution in [2.24, 2.45) is 0 Å². The second kappa shape index (κ2) is 7.35. The minimum atomic E-state index is -1.12. The highest BCUT2D eigenvalue weighted by Crippen LogP contribution is 2.37. The van der Waals surface area contributed by atoms with Crippen molar-refractivity contribution < 1.29 is 24.2 Å². The molecule has 0 fully saturated rings. The molecule has 0 radical (unpaired) electrons. The molecule has 1 aliphatic heterocycles. The van der Waals surface area contributed by atoms with Crippen molar-refractivity contribution in [3.63, 3.8) is 0 Å². The standard InChI is InChI=1S/C19H20N2O5/c1-25-16-10-13(19(23)24)9-14(18(16)26-2)20-17(22)11-21-8-7-12-5-3-4-6-15(12)21/h3-6,9-10H,7-8,11H2,1-2H3,(H,20,22)(H,23,24). The van der Waals surface area contributed by atoms with Gasteiger partial charge >= 0.3 is 5.97 Å². The van der Waals surface area contributed by atoms with Crippen molar-refractivity contribution in [3.8, 4) is 11.5 Å². The van der Waals surface area contributed by atoms with Crippen molar-refractivity contribution in [1.29, 1.82) is 0 Å². The van der Waals surface area contributed by atoms with Crippen molar-refractivity contribution in [2.75, 3.05) is 37.5 Å². The van der Waals surface area contributed by atoms with E-state index in [2.05, 4.69) is 11.4 Å². The highest BCUT2D eigenvalue weighted by molar-refractivity contribution is 5.98. The van der Waals surface area contributed by atoms with Crippen LogP contribution >= 0.6 is 0 Å². The van der Waals surface area contributed by atoms with Gasteiger partial charge in [0.15, 0.2) is 11.5 Å². The maximum absolute atomic E-state index is 12.5. The monoisotopic (exact) mass is 356 g/mol. The number of nitrogens with zero attached hydrogens (tertiary/aromatic N) is 1. The number of aromatic carboxylic acids is 1. The number of hydrogen-bond donors (Lipinski definition) is 2. The molecule has 1 heterocycles. The third kappa shape index (κ3) is 3.42. The molecule has 0 saturated carbocycles. The Morgan fingerprint density at radius 1 is 1.19 bits per heavy atom. The summed E-state index contributed by atoms with van der Waals surface area (Å²) in [4.78, 5) is 25.8. The Labute approximate surface area is 151 Å². The van der Waals surface area contributed by atoms with Crippen LogP contribution < -0.4 is 19.7 Å². The Hall–Kier alpha value is -3.22. The lowest BCUT2D eigenvalue weighted by Gasteiger charge is -2.20. The number of amides is 1. The number of nitrogens with one attached hydrogen (secondary N) is 1. The van der Waals surface area contributed by atoms with E-state index in [1.165, 1.54) is 31.9 Å². The zero-order valence-corrected chi connectivity index (χ0v) is 14.6. The van der Waals surface area contributed by atoms with Crippen LogP contribution in [-0.4, -0.2) is 44.3 Å². The van der Waals surface area contributed by atoms with Crippen LogP contribution in [0.25, 0.3) is 0 Å². The number of carbonyl (C=O) groups is 2. The number of carboxylic acid groups (broad SMARTS) is 1. The molecule has 2 aromatic carbocycles. The van der Waals surface area contributed by atoms with Gasteiger partial charge in [-0.05, 0) is 30.2 Å². The molecule has 0 atom stereocenters. The normalized spacial score (nSPS) is 12.5. The lowest BCUT2D eigenvalue weighted by Crippen LogP contribution is -2.32. The van der Waals surface area contributed by atoms with Gasteiger partial charge in [-0.3, -0.25) is 4.79 Å². The topological polar surface area (TPSA) is 88.1 Å². The summed E-state index contributed by atoms with van der Waals surface area (Å²) in [6, 6.07) is 10.7. The average Bonchev–Trinajstić information content (AvgIpc) is 3.03. The molecule has 136 valence electrons. The molecule has 7 nitrogen and oxygen atoms in total. The van der Waals surface area contributed by atoms with Crippen LogP contribution in [0.15, 0.2) is 36.4 Å². The summed E-state index contributed by atoms with van der Waals surface area (Å²) in [6.07, 6.45) is 0.898. The zero-order chi connectivity index (χ0) is 18.7. The molecule has 0 aromatic heterocycles. The van der Waals surface area contributed by atoms with Crippen LogP contribution in [0.1, 0.15) is 15.9 Å². The van der Waals surface area contributed by atoms with E-state index in [9.17, 15) is 14.7 Å². The van der Waals surface area contributed by atoms with E-state index >= 15 is 0 Å². The third-order valence-electron chi connectivity index (χ3n) is 4.32. The summed E-state index contributed by atoms with van der Waals surface area (Å²) in [7, 11) is 2.85. The molecule has 7 heteroatoms. The van der Waals surface area contributed by atoms with Crippen LogP contribution in [0.2, 0.25) is 0 Å². The van der Waals surface area contributed by atoms with Gasteiger partial charge in [-0.1, -0.05) is 18.2 Å². The number of fused-ring (bicyclic) bond motifs is 1. The van der Waals surface area contributed by atoms with E-state index in [1.54, 1.807) is 0 Å². The summed E-state index contributed by atoms with van der Waals surface area (Å²) < 4.78 is 10.5. The van der Waals surface area contributed by atoms with Gasteiger partial charge in [0.1, 0.15) is 0 Å². The van der Waals surface area contributed by atoms with Crippen molar-refractivity contribution in [1.82, 2.24) is 0 Å². The Morgan fingerprint density at radius 2 is 1.96 bits per heavy atom. The summed E-state index contributed by atoms with van der Waals surface area (Å²) in [5.74, 6) is -0.846. The van der Waals surface area contributed by atoms with Crippen LogP contribution in [0.3, 0.4) is 0 Å². The molecule has 0 aliphatic carbocycles. The zero-order valence-electron chi connectivity index (χ0n) is 14.6. The minimum absolute atomic E-state index is 0.00414. The largest absolute Gasteiger partial charge is 0.493 e. The van der Waals surface area contributed by atoms with E-state index in [4.69, 9.17) is 9.47 Å². The fraction of sp³-hybridized carbons (Fsp3) is 0.263. The second-order valence-electron chi connectivity index (χ2n) is 5.91. The lowest BCUT2D eigenvalue weighted by molar-refractivity contribution is -0.115. The molecule has 0 unspecified atom stereocenters. The van der Waals surface area contributed by atoms with Crippen LogP contribution in [0.4, 0.5) is 11.4 Å². The van der Waals surface area contributed by atoms with Gasteiger partial charge in [0.2, 0.25) is 5.91 Å². The molecule has 0 spiro atoms. The number of carbonyl (C=O) groups excluding carboxylic acids is 1. The second-order valence-corrected chi connectivity index (χ2v) is 5.91. The number of anilines is 2. The van der Waals surface area contributed by atoms with E-state index in [0.29, 0.717) is 0 Å². The fourth-order valence-corrected chi connectivity index (χ4v) is 3.11. The smallest absolute Gasteiger partial charge is 0.335 e. The van der Waals surface area contributed by atoms with E-state index in [0.717, 1.165) is 18.7 Å². The quantitative estimate of drug-likeness (QED) is 0.826. The summed E-state index contributed by atoms with van der Waals surface area (Å²) in [5, 5.41) is 12.0. The number of carboxylic acids is 1. The molecule has 26 heavy (non-hydrogen) atoms. The summed E-state index contributed by atoms with van der Waals surface area (Å²) in [5.41, 5.74) is 2.53. The SMILES string of the molecule is COc1cc(C(=O)O)cc(NC(=O)CN2CCc3ccccc32)c1OC. The van der Waals surface area contributed by atoms with Crippen LogP contribution in [0, 0.1) is 0 Å². The van der Waals surface area contributed by atoms with Gasteiger partial charge in [0, 0.05) is 12.2 Å². The van der Waals surface area contributed by atoms with Gasteiger partial charge in [0.25, 0.3) is 0 Å². The minimum Gasteiger partial charge on any atom is -0.493 e. The molecule has 2 N–H and O–H groups in total. The molecule has 3 rings (SSSR count). The van der Waals surface area contributed by atoms with Gasteiger partial charge < -0.3 is 24.8 Å². The van der Waals surface area contributed by atoms with E-state index < -0.39 is 5.97 Å². The Bertz CT molecular complexity index is 850. The van der Waals surface area contributed by atoms with Gasteiger partial charge in [-0.2, -0.15) is 0 Å². The van der Waals surface area contributed by atoms with Crippen LogP contribution in [0.5, 0.6) is 11.5 Å². The first-order chi connectivity index (χ1) is 12.5. The van der Waals surface area contributed by atoms with Gasteiger partial charge in [-0.25, -0.2) is 4.79 Å². The molecule has 1 amide bonds. The number of ether oxygens (including phenoxy) is 2. The average molecular weight is 356 g/mol. The molecular weight excluding hydrogens is 336 g/mol. The number of methoxy groups -OCH3 is 2. The molecule has 0 saturated heterocycles. The fourth-order valence-electron chi connectivity index (χ4n) is 3.11. The maximum Gasteiger partial charge on any atom is 0.335 e. The number of rotatable bonds is 6. The Balaban J connectivity index is 1.81. The van der Waals surface area contributed by atoms with E-state index in [1.807, 2.05) is 23.1 Å². The van der Waals surface area contributed by atoms with E-state index in [-0.39, 0.29) is 35.2 Å². The summed E-state index contributed by atoms with van der Waals surface area (Å²) in [6.45, 7) is 0.933. The first kappa shape index (κ1) is 17.6. The van der Waals surface area contributed by atoms with Crippen LogP contribution in [-0.2, 0) is 11.2 Å². The van der Waals surface area contributed by atoms with Gasteiger partial charge in [0.05, 0.1) is 32.0 Å². The predicted octanol–water partition coefficient (Wildman–Crippen LogP) is 2.40. The highest BCUT2D eigenvalue weighted by atomic mass is 16.5. The number of hydrogen-bond acceptors (Lipinski definition) is 5. The Kier molecular flexibility index (Phi) is 4.97. The van der Waals surface area contributed by atoms with Crippen molar-refractivity contribution in [3.05, 3.63) is 47.5 Å². The first-order valence-electron chi connectivity index (χ1n) is 8.15.